The van der Waals surface area contributed by atoms with Gasteiger partial charge in [-0.2, -0.15) is 0 Å². The molecule has 1 aromatic carbocycles. The SMILES string of the molecule is COc1ccc(CC(=O)NC(C)c2cc(=O)n3[nH]c(C4CCOCC4)cc3n2)cc1. The Bertz CT molecular complexity index is 1080. The number of amides is 1. The van der Waals surface area contributed by atoms with E-state index in [1.54, 1.807) is 7.11 Å². The number of nitrogens with zero attached hydrogens (tertiary/aromatic N) is 2. The molecule has 8 heteroatoms. The summed E-state index contributed by atoms with van der Waals surface area (Å²) in [5.74, 6) is 0.952. The first-order chi connectivity index (χ1) is 14.5. The van der Waals surface area contributed by atoms with Gasteiger partial charge in [0.2, 0.25) is 5.91 Å². The third-order valence-electron chi connectivity index (χ3n) is 5.50. The van der Waals surface area contributed by atoms with E-state index in [1.165, 1.54) is 10.6 Å². The molecule has 1 atom stereocenters. The zero-order valence-electron chi connectivity index (χ0n) is 17.2. The first-order valence-corrected chi connectivity index (χ1v) is 10.2. The van der Waals surface area contributed by atoms with Crippen molar-refractivity contribution >= 4 is 11.6 Å². The van der Waals surface area contributed by atoms with Gasteiger partial charge in [-0.1, -0.05) is 12.1 Å². The van der Waals surface area contributed by atoms with Crippen molar-refractivity contribution in [1.82, 2.24) is 19.9 Å². The smallest absolute Gasteiger partial charge is 0.272 e. The summed E-state index contributed by atoms with van der Waals surface area (Å²) in [5, 5.41) is 6.10. The van der Waals surface area contributed by atoms with Crippen LogP contribution in [0, 0.1) is 0 Å². The lowest BCUT2D eigenvalue weighted by Gasteiger charge is -2.20. The number of aromatic nitrogens is 3. The van der Waals surface area contributed by atoms with E-state index in [4.69, 9.17) is 9.47 Å². The molecule has 8 nitrogen and oxygen atoms in total. The van der Waals surface area contributed by atoms with E-state index in [0.717, 1.165) is 43.1 Å². The van der Waals surface area contributed by atoms with Crippen molar-refractivity contribution in [2.24, 2.45) is 0 Å². The number of carbonyl (C=O) groups excluding carboxylic acids is 1. The van der Waals surface area contributed by atoms with E-state index >= 15 is 0 Å². The molecule has 1 unspecified atom stereocenters. The molecular weight excluding hydrogens is 384 g/mol. The Morgan fingerprint density at radius 1 is 1.30 bits per heavy atom. The van der Waals surface area contributed by atoms with Crippen molar-refractivity contribution in [2.45, 2.75) is 38.1 Å². The van der Waals surface area contributed by atoms with Crippen LogP contribution >= 0.6 is 0 Å². The highest BCUT2D eigenvalue weighted by molar-refractivity contribution is 5.79. The van der Waals surface area contributed by atoms with Gasteiger partial charge in [0, 0.05) is 37.0 Å². The second-order valence-corrected chi connectivity index (χ2v) is 7.63. The van der Waals surface area contributed by atoms with Crippen molar-refractivity contribution in [3.63, 3.8) is 0 Å². The molecule has 3 heterocycles. The molecular formula is C22H26N4O4. The molecule has 30 heavy (non-hydrogen) atoms. The summed E-state index contributed by atoms with van der Waals surface area (Å²) in [6.45, 7) is 3.28. The van der Waals surface area contributed by atoms with Crippen LogP contribution in [0.5, 0.6) is 5.75 Å². The number of H-pyrrole nitrogens is 1. The topological polar surface area (TPSA) is 97.7 Å². The van der Waals surface area contributed by atoms with E-state index in [0.29, 0.717) is 17.3 Å². The van der Waals surface area contributed by atoms with E-state index in [9.17, 15) is 9.59 Å². The molecule has 1 aliphatic rings. The van der Waals surface area contributed by atoms with Gasteiger partial charge in [0.05, 0.1) is 25.3 Å². The zero-order valence-corrected chi connectivity index (χ0v) is 17.2. The van der Waals surface area contributed by atoms with E-state index in [-0.39, 0.29) is 23.9 Å². The first-order valence-electron chi connectivity index (χ1n) is 10.2. The molecule has 1 fully saturated rings. The number of aromatic amines is 1. The van der Waals surface area contributed by atoms with E-state index < -0.39 is 0 Å². The van der Waals surface area contributed by atoms with Crippen LogP contribution in [0.25, 0.3) is 5.65 Å². The third-order valence-corrected chi connectivity index (χ3v) is 5.50. The van der Waals surface area contributed by atoms with E-state index in [1.807, 2.05) is 37.3 Å². The van der Waals surface area contributed by atoms with E-state index in [2.05, 4.69) is 15.4 Å². The average molecular weight is 410 g/mol. The monoisotopic (exact) mass is 410 g/mol. The van der Waals surface area contributed by atoms with Crippen LogP contribution in [0.3, 0.4) is 0 Å². The second kappa shape index (κ2) is 8.71. The van der Waals surface area contributed by atoms with Crippen LogP contribution in [0.2, 0.25) is 0 Å². The van der Waals surface area contributed by atoms with Crippen molar-refractivity contribution in [3.8, 4) is 5.75 Å². The Morgan fingerprint density at radius 3 is 2.73 bits per heavy atom. The van der Waals surface area contributed by atoms with Crippen LogP contribution in [-0.2, 0) is 16.0 Å². The molecule has 0 radical (unpaired) electrons. The maximum absolute atomic E-state index is 12.6. The fraction of sp³-hybridized carbons (Fsp3) is 0.409. The van der Waals surface area contributed by atoms with Crippen LogP contribution < -0.4 is 15.6 Å². The molecule has 1 saturated heterocycles. The fourth-order valence-corrected chi connectivity index (χ4v) is 3.76. The minimum atomic E-state index is -0.380. The summed E-state index contributed by atoms with van der Waals surface area (Å²) in [7, 11) is 1.60. The predicted molar refractivity (Wildman–Crippen MR) is 112 cm³/mol. The summed E-state index contributed by atoms with van der Waals surface area (Å²) in [6, 6.07) is 10.4. The summed E-state index contributed by atoms with van der Waals surface area (Å²) in [6.07, 6.45) is 2.09. The number of hydrogen-bond donors (Lipinski definition) is 2. The Labute approximate surface area is 174 Å². The molecule has 158 valence electrons. The first kappa shape index (κ1) is 20.2. The Balaban J connectivity index is 1.47. The minimum absolute atomic E-state index is 0.133. The van der Waals surface area contributed by atoms with Gasteiger partial charge in [-0.05, 0) is 37.5 Å². The number of ether oxygens (including phenoxy) is 2. The largest absolute Gasteiger partial charge is 0.497 e. The number of benzene rings is 1. The van der Waals surface area contributed by atoms with Gasteiger partial charge in [0.1, 0.15) is 5.75 Å². The van der Waals surface area contributed by atoms with Gasteiger partial charge in [-0.25, -0.2) is 9.50 Å². The fourth-order valence-electron chi connectivity index (χ4n) is 3.76. The quantitative estimate of drug-likeness (QED) is 0.650. The molecule has 0 saturated carbocycles. The van der Waals surface area contributed by atoms with Gasteiger partial charge in [-0.3, -0.25) is 14.7 Å². The standard InChI is InChI=1S/C22H26N4O4/c1-14(23-21(27)11-15-3-5-17(29-2)6-4-15)18-13-22(28)26-20(24-18)12-19(25-26)16-7-9-30-10-8-16/h3-6,12-14,16,25H,7-11H2,1-2H3,(H,23,27). The Hall–Kier alpha value is -3.13. The molecule has 0 spiro atoms. The highest BCUT2D eigenvalue weighted by Gasteiger charge is 2.20. The van der Waals surface area contributed by atoms with Crippen LogP contribution in [0.1, 0.15) is 48.7 Å². The van der Waals surface area contributed by atoms with Gasteiger partial charge < -0.3 is 14.8 Å². The highest BCUT2D eigenvalue weighted by atomic mass is 16.5. The average Bonchev–Trinajstić information content (AvgIpc) is 3.20. The van der Waals surface area contributed by atoms with Gasteiger partial charge in [0.25, 0.3) is 5.56 Å². The molecule has 3 aromatic rings. The maximum atomic E-state index is 12.6. The van der Waals surface area contributed by atoms with Crippen molar-refractivity contribution < 1.29 is 14.3 Å². The van der Waals surface area contributed by atoms with Gasteiger partial charge in [-0.15, -0.1) is 0 Å². The molecule has 4 rings (SSSR count). The number of carbonyl (C=O) groups is 1. The lowest BCUT2D eigenvalue weighted by molar-refractivity contribution is -0.121. The maximum Gasteiger partial charge on any atom is 0.272 e. The Kier molecular flexibility index (Phi) is 5.85. The third kappa shape index (κ3) is 4.38. The lowest BCUT2D eigenvalue weighted by atomic mass is 9.97. The molecule has 0 bridgehead atoms. The summed E-state index contributed by atoms with van der Waals surface area (Å²) in [5.41, 5.74) is 2.80. The number of rotatable bonds is 6. The molecule has 2 aromatic heterocycles. The minimum Gasteiger partial charge on any atom is -0.497 e. The zero-order chi connectivity index (χ0) is 21.1. The molecule has 1 amide bonds. The van der Waals surface area contributed by atoms with Gasteiger partial charge >= 0.3 is 0 Å². The van der Waals surface area contributed by atoms with Crippen molar-refractivity contribution in [2.75, 3.05) is 20.3 Å². The van der Waals surface area contributed by atoms with Gasteiger partial charge in [0.15, 0.2) is 5.65 Å². The van der Waals surface area contributed by atoms with Crippen LogP contribution in [0.4, 0.5) is 0 Å². The predicted octanol–water partition coefficient (Wildman–Crippen LogP) is 2.35. The summed E-state index contributed by atoms with van der Waals surface area (Å²) < 4.78 is 12.0. The second-order valence-electron chi connectivity index (χ2n) is 7.63. The number of nitrogens with one attached hydrogen (secondary N) is 2. The number of hydrogen-bond acceptors (Lipinski definition) is 5. The Morgan fingerprint density at radius 2 is 2.03 bits per heavy atom. The summed E-state index contributed by atoms with van der Waals surface area (Å²) in [4.78, 5) is 29.6. The number of fused-ring (bicyclic) bond motifs is 1. The highest BCUT2D eigenvalue weighted by Crippen LogP contribution is 2.26. The van der Waals surface area contributed by atoms with Crippen LogP contribution in [0.15, 0.2) is 41.2 Å². The molecule has 1 aliphatic heterocycles. The molecule has 2 N–H and O–H groups in total. The lowest BCUT2D eigenvalue weighted by Crippen LogP contribution is -2.30. The van der Waals surface area contributed by atoms with Crippen molar-refractivity contribution in [3.05, 3.63) is 63.7 Å². The number of methoxy groups -OCH3 is 1. The normalized spacial score (nSPS) is 15.8. The van der Waals surface area contributed by atoms with Crippen molar-refractivity contribution in [1.29, 1.82) is 0 Å². The van der Waals surface area contributed by atoms with Crippen LogP contribution in [-0.4, -0.2) is 40.8 Å². The summed E-state index contributed by atoms with van der Waals surface area (Å²) >= 11 is 0. The molecule has 0 aliphatic carbocycles.